The molecule has 2 heterocycles. The van der Waals surface area contributed by atoms with Crippen molar-refractivity contribution in [2.75, 3.05) is 6.54 Å². The first kappa shape index (κ1) is 19.9. The van der Waals surface area contributed by atoms with Gasteiger partial charge in [0.05, 0.1) is 12.1 Å². The van der Waals surface area contributed by atoms with Crippen LogP contribution < -0.4 is 10.2 Å². The standard InChI is InChI=1S/C24H24BN3O3/c1-4-28-21(29)12-15-10-18-16(22(15)28)6-5-7-17(18)23-26-24(31-27-23)14-8-9-20(19(25)11-14)30-13(2)3/h5-9,11,13,15,22H,4,10,12H2,1-3H3/t15-,22+/m0/s1. The number of rotatable bonds is 5. The van der Waals surface area contributed by atoms with E-state index in [0.29, 0.717) is 35.3 Å². The van der Waals surface area contributed by atoms with E-state index in [4.69, 9.17) is 17.1 Å². The molecule has 1 amide bonds. The number of amides is 1. The van der Waals surface area contributed by atoms with Crippen LogP contribution in [-0.2, 0) is 11.2 Å². The average Bonchev–Trinajstić information content (AvgIpc) is 3.42. The molecule has 1 saturated heterocycles. The fourth-order valence-corrected chi connectivity index (χ4v) is 4.92. The summed E-state index contributed by atoms with van der Waals surface area (Å²) >= 11 is 0. The molecule has 1 aliphatic carbocycles. The van der Waals surface area contributed by atoms with Crippen molar-refractivity contribution in [2.45, 2.75) is 45.8 Å². The van der Waals surface area contributed by atoms with Gasteiger partial charge in [-0.3, -0.25) is 4.79 Å². The minimum absolute atomic E-state index is 0.0433. The zero-order valence-electron chi connectivity index (χ0n) is 18.0. The molecule has 2 aliphatic rings. The van der Waals surface area contributed by atoms with Crippen LogP contribution in [0.2, 0.25) is 0 Å². The molecule has 2 aromatic carbocycles. The van der Waals surface area contributed by atoms with E-state index in [1.54, 1.807) is 6.07 Å². The summed E-state index contributed by atoms with van der Waals surface area (Å²) in [7, 11) is 6.14. The molecule has 0 unspecified atom stereocenters. The normalized spacial score (nSPS) is 19.7. The highest BCUT2D eigenvalue weighted by atomic mass is 16.5. The van der Waals surface area contributed by atoms with Crippen molar-refractivity contribution in [3.63, 3.8) is 0 Å². The maximum Gasteiger partial charge on any atom is 0.258 e. The summed E-state index contributed by atoms with van der Waals surface area (Å²) in [5.41, 5.74) is 4.68. The van der Waals surface area contributed by atoms with E-state index in [1.807, 2.05) is 49.9 Å². The number of hydrogen-bond donors (Lipinski definition) is 0. The van der Waals surface area contributed by atoms with Gasteiger partial charge in [-0.25, -0.2) is 0 Å². The molecule has 0 saturated carbocycles. The molecule has 1 aliphatic heterocycles. The SMILES string of the molecule is [B]c1cc(-c2nc(-c3cccc4c3C[C@H]3CC(=O)N(CC)[C@@H]43)no2)ccc1OC(C)C. The van der Waals surface area contributed by atoms with E-state index in [9.17, 15) is 4.79 Å². The van der Waals surface area contributed by atoms with Crippen molar-refractivity contribution in [1.29, 1.82) is 0 Å². The van der Waals surface area contributed by atoms with Gasteiger partial charge >= 0.3 is 0 Å². The van der Waals surface area contributed by atoms with Crippen LogP contribution in [0.1, 0.15) is 44.4 Å². The summed E-state index contributed by atoms with van der Waals surface area (Å²) in [6, 6.07) is 11.8. The number of benzene rings is 2. The highest BCUT2D eigenvalue weighted by molar-refractivity contribution is 6.34. The highest BCUT2D eigenvalue weighted by Crippen LogP contribution is 2.49. The Hall–Kier alpha value is -3.09. The lowest BCUT2D eigenvalue weighted by molar-refractivity contribution is -0.128. The topological polar surface area (TPSA) is 68.5 Å². The first-order valence-corrected chi connectivity index (χ1v) is 10.8. The zero-order chi connectivity index (χ0) is 21.7. The second kappa shape index (κ2) is 7.55. The van der Waals surface area contributed by atoms with E-state index in [2.05, 4.69) is 16.2 Å². The first-order chi connectivity index (χ1) is 15.0. The lowest BCUT2D eigenvalue weighted by Crippen LogP contribution is -2.27. The Morgan fingerprint density at radius 2 is 2.10 bits per heavy atom. The molecule has 31 heavy (non-hydrogen) atoms. The van der Waals surface area contributed by atoms with Crippen LogP contribution in [0.5, 0.6) is 5.75 Å². The molecule has 0 spiro atoms. The predicted molar refractivity (Wildman–Crippen MR) is 118 cm³/mol. The maximum atomic E-state index is 12.3. The van der Waals surface area contributed by atoms with Crippen molar-refractivity contribution in [3.05, 3.63) is 47.5 Å². The first-order valence-electron chi connectivity index (χ1n) is 10.8. The van der Waals surface area contributed by atoms with Crippen LogP contribution in [0.3, 0.4) is 0 Å². The van der Waals surface area contributed by atoms with Gasteiger partial charge in [-0.05, 0) is 56.4 Å². The minimum atomic E-state index is 0.0433. The summed E-state index contributed by atoms with van der Waals surface area (Å²) in [6.07, 6.45) is 1.51. The van der Waals surface area contributed by atoms with E-state index >= 15 is 0 Å². The van der Waals surface area contributed by atoms with Crippen LogP contribution in [0.4, 0.5) is 0 Å². The van der Waals surface area contributed by atoms with Gasteiger partial charge < -0.3 is 14.2 Å². The Morgan fingerprint density at radius 1 is 1.26 bits per heavy atom. The Kier molecular flexibility index (Phi) is 4.84. The molecule has 2 atom stereocenters. The van der Waals surface area contributed by atoms with Crippen molar-refractivity contribution in [1.82, 2.24) is 15.0 Å². The fourth-order valence-electron chi connectivity index (χ4n) is 4.92. The zero-order valence-corrected chi connectivity index (χ0v) is 18.0. The third-order valence-electron chi connectivity index (χ3n) is 6.16. The maximum absolute atomic E-state index is 12.3. The van der Waals surface area contributed by atoms with Crippen LogP contribution >= 0.6 is 0 Å². The van der Waals surface area contributed by atoms with E-state index in [0.717, 1.165) is 24.1 Å². The number of carbonyl (C=O) groups excluding carboxylic acids is 1. The molecule has 0 bridgehead atoms. The van der Waals surface area contributed by atoms with E-state index in [-0.39, 0.29) is 18.1 Å². The Labute approximate surface area is 183 Å². The van der Waals surface area contributed by atoms with Gasteiger partial charge in [0.25, 0.3) is 5.89 Å². The Balaban J connectivity index is 1.47. The highest BCUT2D eigenvalue weighted by Gasteiger charge is 2.45. The molecule has 6 nitrogen and oxygen atoms in total. The fraction of sp³-hybridized carbons (Fsp3) is 0.375. The number of likely N-dealkylation sites (tertiary alicyclic amines) is 1. The molecular formula is C24H24BN3O3. The minimum Gasteiger partial charge on any atom is -0.492 e. The van der Waals surface area contributed by atoms with Gasteiger partial charge in [0.1, 0.15) is 13.6 Å². The third-order valence-corrected chi connectivity index (χ3v) is 6.16. The summed E-state index contributed by atoms with van der Waals surface area (Å²) in [5.74, 6) is 2.18. The number of fused-ring (bicyclic) bond motifs is 3. The van der Waals surface area contributed by atoms with E-state index < -0.39 is 0 Å². The van der Waals surface area contributed by atoms with Crippen molar-refractivity contribution in [2.24, 2.45) is 5.92 Å². The monoisotopic (exact) mass is 413 g/mol. The quantitative estimate of drug-likeness (QED) is 0.600. The molecule has 7 heteroatoms. The van der Waals surface area contributed by atoms with Gasteiger partial charge in [-0.2, -0.15) is 4.98 Å². The summed E-state index contributed by atoms with van der Waals surface area (Å²) in [6.45, 7) is 6.68. The van der Waals surface area contributed by atoms with Gasteiger partial charge in [-0.15, -0.1) is 0 Å². The Bertz CT molecular complexity index is 1160. The summed E-state index contributed by atoms with van der Waals surface area (Å²) < 4.78 is 11.3. The lowest BCUT2D eigenvalue weighted by Gasteiger charge is -2.23. The molecule has 5 rings (SSSR count). The second-order valence-electron chi connectivity index (χ2n) is 8.51. The lowest BCUT2D eigenvalue weighted by atomic mass is 9.93. The summed E-state index contributed by atoms with van der Waals surface area (Å²) in [4.78, 5) is 19.0. The number of hydrogen-bond acceptors (Lipinski definition) is 5. The van der Waals surface area contributed by atoms with Gasteiger partial charge in [-0.1, -0.05) is 34.9 Å². The molecule has 156 valence electrons. The van der Waals surface area contributed by atoms with Crippen LogP contribution in [-0.4, -0.2) is 41.4 Å². The van der Waals surface area contributed by atoms with Crippen LogP contribution in [0.15, 0.2) is 40.9 Å². The Morgan fingerprint density at radius 3 is 2.84 bits per heavy atom. The van der Waals surface area contributed by atoms with Crippen LogP contribution in [0.25, 0.3) is 22.8 Å². The van der Waals surface area contributed by atoms with Crippen LogP contribution in [0, 0.1) is 5.92 Å². The predicted octanol–water partition coefficient (Wildman–Crippen LogP) is 3.45. The largest absolute Gasteiger partial charge is 0.492 e. The smallest absolute Gasteiger partial charge is 0.258 e. The van der Waals surface area contributed by atoms with Crippen molar-refractivity contribution < 1.29 is 14.1 Å². The summed E-state index contributed by atoms with van der Waals surface area (Å²) in [5, 5.41) is 4.25. The molecule has 1 aromatic heterocycles. The molecule has 1 fully saturated rings. The molecule has 0 N–H and O–H groups in total. The van der Waals surface area contributed by atoms with Gasteiger partial charge in [0.2, 0.25) is 11.7 Å². The molecular weight excluding hydrogens is 389 g/mol. The van der Waals surface area contributed by atoms with Gasteiger partial charge in [0, 0.05) is 24.1 Å². The van der Waals surface area contributed by atoms with Crippen molar-refractivity contribution in [3.8, 4) is 28.6 Å². The average molecular weight is 413 g/mol. The third kappa shape index (κ3) is 3.32. The number of ether oxygens (including phenoxy) is 1. The number of nitrogens with zero attached hydrogens (tertiary/aromatic N) is 3. The van der Waals surface area contributed by atoms with E-state index in [1.165, 1.54) is 11.1 Å². The molecule has 3 aromatic rings. The van der Waals surface area contributed by atoms with Gasteiger partial charge in [0.15, 0.2) is 0 Å². The second-order valence-corrected chi connectivity index (χ2v) is 8.51. The van der Waals surface area contributed by atoms with Crippen molar-refractivity contribution >= 4 is 19.2 Å². The number of aromatic nitrogens is 2. The number of carbonyl (C=O) groups is 1. The molecule has 2 radical (unpaired) electrons.